The van der Waals surface area contributed by atoms with Gasteiger partial charge in [-0.05, 0) is 13.8 Å². The molecule has 0 aliphatic carbocycles. The van der Waals surface area contributed by atoms with Gasteiger partial charge in [0, 0.05) is 19.2 Å². The molecule has 0 bridgehead atoms. The molecular formula is C9H15N3O2. The number of hydrogen-bond acceptors (Lipinski definition) is 4. The monoisotopic (exact) mass is 197 g/mol. The molecule has 0 fully saturated rings. The molecule has 1 heterocycles. The third-order valence-electron chi connectivity index (χ3n) is 1.82. The number of likely N-dealkylation sites (N-methyl/N-ethyl adjacent to an activating group) is 1. The molecule has 14 heavy (non-hydrogen) atoms. The molecule has 2 N–H and O–H groups in total. The highest BCUT2D eigenvalue weighted by atomic mass is 16.5. The average Bonchev–Trinajstić information content (AvgIpc) is 2.67. The molecule has 0 saturated heterocycles. The second-order valence-corrected chi connectivity index (χ2v) is 2.99. The second kappa shape index (κ2) is 5.39. The van der Waals surface area contributed by atoms with Crippen molar-refractivity contribution in [2.45, 2.75) is 26.4 Å². The molecule has 5 nitrogen and oxygen atoms in total. The Morgan fingerprint density at radius 2 is 2.50 bits per heavy atom. The first-order valence-electron chi connectivity index (χ1n) is 4.64. The van der Waals surface area contributed by atoms with Crippen LogP contribution in [0.25, 0.3) is 0 Å². The lowest BCUT2D eigenvalue weighted by Crippen LogP contribution is -2.41. The molecule has 1 amide bonds. The quantitative estimate of drug-likeness (QED) is 0.712. The van der Waals surface area contributed by atoms with Gasteiger partial charge in [0.05, 0.1) is 11.7 Å². The van der Waals surface area contributed by atoms with Crippen molar-refractivity contribution in [1.29, 1.82) is 0 Å². The molecule has 1 aromatic rings. The Hall–Kier alpha value is -1.36. The molecule has 0 spiro atoms. The van der Waals surface area contributed by atoms with Gasteiger partial charge >= 0.3 is 0 Å². The summed E-state index contributed by atoms with van der Waals surface area (Å²) in [5, 5.41) is 9.49. The molecule has 0 aliphatic rings. The van der Waals surface area contributed by atoms with Gasteiger partial charge < -0.3 is 15.2 Å². The van der Waals surface area contributed by atoms with Gasteiger partial charge in [-0.2, -0.15) is 0 Å². The number of carbonyl (C=O) groups is 1. The largest absolute Gasteiger partial charge is 0.364 e. The van der Waals surface area contributed by atoms with E-state index in [0.717, 1.165) is 5.69 Å². The standard InChI is InChI=1S/C9H15N3O2/c1-3-10-9(13)7(2)11-6-8-4-5-14-12-8/h4-5,7,11H,3,6H2,1-2H3,(H,10,13). The second-order valence-electron chi connectivity index (χ2n) is 2.99. The van der Waals surface area contributed by atoms with E-state index in [4.69, 9.17) is 0 Å². The fraction of sp³-hybridized carbons (Fsp3) is 0.556. The first-order chi connectivity index (χ1) is 6.74. The van der Waals surface area contributed by atoms with Crippen LogP contribution in [-0.2, 0) is 11.3 Å². The van der Waals surface area contributed by atoms with Crippen LogP contribution in [0, 0.1) is 0 Å². The van der Waals surface area contributed by atoms with Gasteiger partial charge in [0.15, 0.2) is 0 Å². The van der Waals surface area contributed by atoms with Gasteiger partial charge in [-0.3, -0.25) is 4.79 Å². The van der Waals surface area contributed by atoms with Gasteiger partial charge in [-0.25, -0.2) is 0 Å². The summed E-state index contributed by atoms with van der Waals surface area (Å²) < 4.78 is 4.66. The lowest BCUT2D eigenvalue weighted by molar-refractivity contribution is -0.122. The van der Waals surface area contributed by atoms with E-state index in [9.17, 15) is 4.79 Å². The minimum Gasteiger partial charge on any atom is -0.364 e. The van der Waals surface area contributed by atoms with Crippen molar-refractivity contribution in [1.82, 2.24) is 15.8 Å². The van der Waals surface area contributed by atoms with Crippen molar-refractivity contribution in [3.05, 3.63) is 18.0 Å². The van der Waals surface area contributed by atoms with Crippen molar-refractivity contribution < 1.29 is 9.32 Å². The Morgan fingerprint density at radius 3 is 3.07 bits per heavy atom. The number of nitrogens with one attached hydrogen (secondary N) is 2. The summed E-state index contributed by atoms with van der Waals surface area (Å²) in [4.78, 5) is 11.3. The summed E-state index contributed by atoms with van der Waals surface area (Å²) in [5.74, 6) is -0.00371. The summed E-state index contributed by atoms with van der Waals surface area (Å²) in [6.45, 7) is 4.89. The summed E-state index contributed by atoms with van der Waals surface area (Å²) in [7, 11) is 0. The van der Waals surface area contributed by atoms with Crippen LogP contribution in [-0.4, -0.2) is 23.7 Å². The zero-order valence-corrected chi connectivity index (χ0v) is 8.41. The van der Waals surface area contributed by atoms with Crippen molar-refractivity contribution in [2.75, 3.05) is 6.54 Å². The van der Waals surface area contributed by atoms with E-state index < -0.39 is 0 Å². The van der Waals surface area contributed by atoms with Crippen molar-refractivity contribution in [2.24, 2.45) is 0 Å². The predicted octanol–water partition coefficient (Wildman–Crippen LogP) is 0.289. The smallest absolute Gasteiger partial charge is 0.236 e. The van der Waals surface area contributed by atoms with Gasteiger partial charge in [0.1, 0.15) is 6.26 Å². The van der Waals surface area contributed by atoms with E-state index in [-0.39, 0.29) is 11.9 Å². The summed E-state index contributed by atoms with van der Waals surface area (Å²) in [6, 6.07) is 1.55. The number of nitrogens with zero attached hydrogens (tertiary/aromatic N) is 1. The van der Waals surface area contributed by atoms with Crippen LogP contribution in [0.5, 0.6) is 0 Å². The summed E-state index contributed by atoms with van der Waals surface area (Å²) in [5.41, 5.74) is 0.793. The Labute approximate surface area is 82.8 Å². The van der Waals surface area contributed by atoms with Crippen LogP contribution in [0.3, 0.4) is 0 Å². The lowest BCUT2D eigenvalue weighted by atomic mass is 10.3. The first kappa shape index (κ1) is 10.7. The van der Waals surface area contributed by atoms with Crippen molar-refractivity contribution >= 4 is 5.91 Å². The molecule has 0 aliphatic heterocycles. The van der Waals surface area contributed by atoms with E-state index in [2.05, 4.69) is 20.3 Å². The number of aromatic nitrogens is 1. The molecule has 78 valence electrons. The molecule has 5 heteroatoms. The Bertz CT molecular complexity index is 272. The Balaban J connectivity index is 2.27. The van der Waals surface area contributed by atoms with E-state index >= 15 is 0 Å². The number of carbonyl (C=O) groups excluding carboxylic acids is 1. The maximum atomic E-state index is 11.3. The number of hydrogen-bond donors (Lipinski definition) is 2. The Kier molecular flexibility index (Phi) is 4.12. The highest BCUT2D eigenvalue weighted by Crippen LogP contribution is 1.94. The molecular weight excluding hydrogens is 182 g/mol. The molecule has 1 aromatic heterocycles. The molecule has 0 saturated carbocycles. The SMILES string of the molecule is CCNC(=O)C(C)NCc1ccon1. The van der Waals surface area contributed by atoms with Gasteiger partial charge in [-0.1, -0.05) is 5.16 Å². The minimum atomic E-state index is -0.216. The van der Waals surface area contributed by atoms with Crippen LogP contribution in [0.15, 0.2) is 16.9 Å². The average molecular weight is 197 g/mol. The highest BCUT2D eigenvalue weighted by molar-refractivity contribution is 5.81. The van der Waals surface area contributed by atoms with E-state index in [0.29, 0.717) is 13.1 Å². The van der Waals surface area contributed by atoms with Gasteiger partial charge in [0.25, 0.3) is 0 Å². The summed E-state index contributed by atoms with van der Waals surface area (Å²) >= 11 is 0. The first-order valence-corrected chi connectivity index (χ1v) is 4.64. The maximum absolute atomic E-state index is 11.3. The van der Waals surface area contributed by atoms with E-state index in [1.165, 1.54) is 6.26 Å². The van der Waals surface area contributed by atoms with Gasteiger partial charge in [-0.15, -0.1) is 0 Å². The lowest BCUT2D eigenvalue weighted by Gasteiger charge is -2.11. The van der Waals surface area contributed by atoms with Crippen LogP contribution < -0.4 is 10.6 Å². The molecule has 0 aromatic carbocycles. The zero-order valence-electron chi connectivity index (χ0n) is 8.41. The highest BCUT2D eigenvalue weighted by Gasteiger charge is 2.10. The molecule has 1 unspecified atom stereocenters. The zero-order chi connectivity index (χ0) is 10.4. The molecule has 0 radical (unpaired) electrons. The van der Waals surface area contributed by atoms with E-state index in [1.54, 1.807) is 6.07 Å². The van der Waals surface area contributed by atoms with Crippen LogP contribution in [0.1, 0.15) is 19.5 Å². The van der Waals surface area contributed by atoms with Crippen molar-refractivity contribution in [3.8, 4) is 0 Å². The predicted molar refractivity (Wildman–Crippen MR) is 51.5 cm³/mol. The number of amides is 1. The third kappa shape index (κ3) is 3.18. The maximum Gasteiger partial charge on any atom is 0.236 e. The van der Waals surface area contributed by atoms with Crippen LogP contribution >= 0.6 is 0 Å². The molecule has 1 rings (SSSR count). The fourth-order valence-corrected chi connectivity index (χ4v) is 1.01. The normalized spacial score (nSPS) is 12.4. The summed E-state index contributed by atoms with van der Waals surface area (Å²) in [6.07, 6.45) is 1.51. The topological polar surface area (TPSA) is 67.2 Å². The third-order valence-corrected chi connectivity index (χ3v) is 1.82. The molecule has 1 atom stereocenters. The van der Waals surface area contributed by atoms with Crippen molar-refractivity contribution in [3.63, 3.8) is 0 Å². The van der Waals surface area contributed by atoms with E-state index in [1.807, 2.05) is 13.8 Å². The van der Waals surface area contributed by atoms with Crippen LogP contribution in [0.2, 0.25) is 0 Å². The van der Waals surface area contributed by atoms with Gasteiger partial charge in [0.2, 0.25) is 5.91 Å². The van der Waals surface area contributed by atoms with Crippen LogP contribution in [0.4, 0.5) is 0 Å². The Morgan fingerprint density at radius 1 is 1.71 bits per heavy atom. The minimum absolute atomic E-state index is 0.00371. The fourth-order valence-electron chi connectivity index (χ4n) is 1.01. The number of rotatable bonds is 5.